The zero-order chi connectivity index (χ0) is 15.1. The molecule has 3 heterocycles. The highest BCUT2D eigenvalue weighted by molar-refractivity contribution is 5.81. The molecule has 1 aliphatic rings. The lowest BCUT2D eigenvalue weighted by molar-refractivity contribution is -0.0962. The monoisotopic (exact) mass is 297 g/mol. The summed E-state index contributed by atoms with van der Waals surface area (Å²) in [6.07, 6.45) is -3.51. The van der Waals surface area contributed by atoms with Crippen molar-refractivity contribution in [2.24, 2.45) is 0 Å². The molecule has 0 bridgehead atoms. The number of nitrogen functional groups attached to an aromatic ring is 1. The van der Waals surface area contributed by atoms with E-state index >= 15 is 0 Å². The summed E-state index contributed by atoms with van der Waals surface area (Å²) in [4.78, 5) is 11.9. The Labute approximate surface area is 118 Å². The first-order chi connectivity index (χ1) is 10.0. The number of hydrogen-bond acceptors (Lipinski definition) is 9. The van der Waals surface area contributed by atoms with Crippen molar-refractivity contribution >= 4 is 17.0 Å². The third kappa shape index (κ3) is 2.13. The fourth-order valence-electron chi connectivity index (χ4n) is 2.39. The third-order valence-corrected chi connectivity index (χ3v) is 3.50. The summed E-state index contributed by atoms with van der Waals surface area (Å²) in [5.41, 5.74) is 6.35. The average Bonchev–Trinajstić information content (AvgIpc) is 3.02. The van der Waals surface area contributed by atoms with Gasteiger partial charge in [-0.2, -0.15) is 0 Å². The molecule has 0 aliphatic carbocycles. The number of fused-ring (bicyclic) bond motifs is 1. The maximum absolute atomic E-state index is 10.1. The van der Waals surface area contributed by atoms with E-state index in [1.54, 1.807) is 0 Å². The standard InChI is InChI=1S/C11H15N5O5/c12-9-5-10(14-2-13-9)16(3-15-5)11-7(20)6(19)8(21-11)4(18)1-17/h2-4,6-8,11,17-20H,1H2,(H2,12,13,14)/t4-,6-,7+,8+,11+/m0/s1. The lowest BCUT2D eigenvalue weighted by Crippen LogP contribution is -2.40. The Morgan fingerprint density at radius 3 is 2.76 bits per heavy atom. The van der Waals surface area contributed by atoms with Crippen LogP contribution in [-0.4, -0.2) is 71.0 Å². The first kappa shape index (κ1) is 14.1. The lowest BCUT2D eigenvalue weighted by Gasteiger charge is -2.18. The predicted molar refractivity (Wildman–Crippen MR) is 68.8 cm³/mol. The SMILES string of the molecule is Nc1ncnc2c1ncn2[C@@H]1O[C@H]([C@@H](O)CO)[C@@H](O)[C@H]1O. The Kier molecular flexibility index (Phi) is 3.47. The van der Waals surface area contributed by atoms with Gasteiger partial charge in [-0.05, 0) is 0 Å². The molecule has 2 aromatic heterocycles. The van der Waals surface area contributed by atoms with E-state index in [9.17, 15) is 15.3 Å². The van der Waals surface area contributed by atoms with Gasteiger partial charge in [0.2, 0.25) is 0 Å². The van der Waals surface area contributed by atoms with E-state index in [0.29, 0.717) is 11.2 Å². The summed E-state index contributed by atoms with van der Waals surface area (Å²) < 4.78 is 6.84. The molecule has 1 fully saturated rings. The quantitative estimate of drug-likeness (QED) is 0.408. The Balaban J connectivity index is 1.98. The van der Waals surface area contributed by atoms with Crippen LogP contribution in [0.15, 0.2) is 12.7 Å². The highest BCUT2D eigenvalue weighted by Crippen LogP contribution is 2.33. The fraction of sp³-hybridized carbons (Fsp3) is 0.545. The molecule has 1 aliphatic heterocycles. The van der Waals surface area contributed by atoms with E-state index in [1.165, 1.54) is 17.2 Å². The van der Waals surface area contributed by atoms with Crippen molar-refractivity contribution < 1.29 is 25.2 Å². The van der Waals surface area contributed by atoms with E-state index < -0.39 is 37.3 Å². The van der Waals surface area contributed by atoms with Gasteiger partial charge in [-0.25, -0.2) is 15.0 Å². The topological polar surface area (TPSA) is 160 Å². The molecule has 0 aromatic carbocycles. The fourth-order valence-corrected chi connectivity index (χ4v) is 2.39. The summed E-state index contributed by atoms with van der Waals surface area (Å²) in [5, 5.41) is 38.5. The molecular formula is C11H15N5O5. The molecule has 0 spiro atoms. The molecule has 0 radical (unpaired) electrons. The molecule has 21 heavy (non-hydrogen) atoms. The third-order valence-electron chi connectivity index (χ3n) is 3.50. The van der Waals surface area contributed by atoms with E-state index in [0.717, 1.165) is 0 Å². The maximum atomic E-state index is 10.1. The van der Waals surface area contributed by atoms with Crippen LogP contribution in [0.1, 0.15) is 6.23 Å². The van der Waals surface area contributed by atoms with Gasteiger partial charge in [0.05, 0.1) is 12.9 Å². The van der Waals surface area contributed by atoms with Crippen LogP contribution in [0.25, 0.3) is 11.2 Å². The van der Waals surface area contributed by atoms with Crippen molar-refractivity contribution in [1.29, 1.82) is 0 Å². The molecule has 0 saturated carbocycles. The van der Waals surface area contributed by atoms with Crippen LogP contribution < -0.4 is 5.73 Å². The van der Waals surface area contributed by atoms with Crippen molar-refractivity contribution in [2.75, 3.05) is 12.3 Å². The van der Waals surface area contributed by atoms with Gasteiger partial charge >= 0.3 is 0 Å². The van der Waals surface area contributed by atoms with Crippen LogP contribution in [0.4, 0.5) is 5.82 Å². The molecule has 3 rings (SSSR count). The second kappa shape index (κ2) is 5.16. The van der Waals surface area contributed by atoms with E-state index in [-0.39, 0.29) is 5.82 Å². The van der Waals surface area contributed by atoms with E-state index in [1.807, 2.05) is 0 Å². The van der Waals surface area contributed by atoms with Crippen LogP contribution in [0.5, 0.6) is 0 Å². The Hall–Kier alpha value is -1.85. The molecular weight excluding hydrogens is 282 g/mol. The van der Waals surface area contributed by atoms with Crippen molar-refractivity contribution in [1.82, 2.24) is 19.5 Å². The normalized spacial score (nSPS) is 30.9. The minimum Gasteiger partial charge on any atom is -0.394 e. The summed E-state index contributed by atoms with van der Waals surface area (Å²) >= 11 is 0. The molecule has 114 valence electrons. The molecule has 10 heteroatoms. The number of rotatable bonds is 3. The zero-order valence-corrected chi connectivity index (χ0v) is 10.8. The maximum Gasteiger partial charge on any atom is 0.167 e. The molecule has 1 saturated heterocycles. The predicted octanol–water partition coefficient (Wildman–Crippen LogP) is -2.62. The minimum absolute atomic E-state index is 0.179. The largest absolute Gasteiger partial charge is 0.394 e. The Morgan fingerprint density at radius 1 is 1.29 bits per heavy atom. The summed E-state index contributed by atoms with van der Waals surface area (Å²) in [5.74, 6) is 0.179. The second-order valence-corrected chi connectivity index (χ2v) is 4.81. The van der Waals surface area contributed by atoms with Gasteiger partial charge in [0, 0.05) is 0 Å². The van der Waals surface area contributed by atoms with Crippen LogP contribution >= 0.6 is 0 Å². The van der Waals surface area contributed by atoms with Crippen LogP contribution in [0.3, 0.4) is 0 Å². The number of aliphatic hydroxyl groups is 4. The molecule has 6 N–H and O–H groups in total. The van der Waals surface area contributed by atoms with Crippen LogP contribution in [-0.2, 0) is 4.74 Å². The number of anilines is 1. The molecule has 5 atom stereocenters. The number of nitrogens with two attached hydrogens (primary N) is 1. The first-order valence-electron chi connectivity index (χ1n) is 6.28. The Bertz CT molecular complexity index is 649. The number of imidazole rings is 1. The smallest absolute Gasteiger partial charge is 0.167 e. The number of hydrogen-bond donors (Lipinski definition) is 5. The highest BCUT2D eigenvalue weighted by atomic mass is 16.6. The summed E-state index contributed by atoms with van der Waals surface area (Å²) in [6, 6.07) is 0. The highest BCUT2D eigenvalue weighted by Gasteiger charge is 2.47. The van der Waals surface area contributed by atoms with Crippen molar-refractivity contribution in [2.45, 2.75) is 30.6 Å². The average molecular weight is 297 g/mol. The summed E-state index contributed by atoms with van der Waals surface area (Å²) in [7, 11) is 0. The first-order valence-corrected chi connectivity index (χ1v) is 6.28. The van der Waals surface area contributed by atoms with Gasteiger partial charge in [-0.1, -0.05) is 0 Å². The minimum atomic E-state index is -1.35. The zero-order valence-electron chi connectivity index (χ0n) is 10.8. The second-order valence-electron chi connectivity index (χ2n) is 4.81. The van der Waals surface area contributed by atoms with Crippen molar-refractivity contribution in [3.8, 4) is 0 Å². The van der Waals surface area contributed by atoms with Crippen LogP contribution in [0.2, 0.25) is 0 Å². The Morgan fingerprint density at radius 2 is 2.05 bits per heavy atom. The molecule has 0 amide bonds. The van der Waals surface area contributed by atoms with Crippen molar-refractivity contribution in [3.05, 3.63) is 12.7 Å². The van der Waals surface area contributed by atoms with Gasteiger partial charge in [-0.15, -0.1) is 0 Å². The van der Waals surface area contributed by atoms with Gasteiger partial charge in [-0.3, -0.25) is 4.57 Å². The van der Waals surface area contributed by atoms with E-state index in [4.69, 9.17) is 15.6 Å². The summed E-state index contributed by atoms with van der Waals surface area (Å²) in [6.45, 7) is -0.596. The van der Waals surface area contributed by atoms with Gasteiger partial charge in [0.25, 0.3) is 0 Å². The number of nitrogens with zero attached hydrogens (tertiary/aromatic N) is 4. The molecule has 2 aromatic rings. The van der Waals surface area contributed by atoms with Crippen molar-refractivity contribution in [3.63, 3.8) is 0 Å². The number of aromatic nitrogens is 4. The lowest BCUT2D eigenvalue weighted by atomic mass is 10.1. The van der Waals surface area contributed by atoms with Gasteiger partial charge < -0.3 is 30.9 Å². The van der Waals surface area contributed by atoms with Gasteiger partial charge in [0.1, 0.15) is 36.3 Å². The molecule has 0 unspecified atom stereocenters. The number of ether oxygens (including phenoxy) is 1. The number of aliphatic hydroxyl groups excluding tert-OH is 4. The van der Waals surface area contributed by atoms with Crippen LogP contribution in [0, 0.1) is 0 Å². The van der Waals surface area contributed by atoms with E-state index in [2.05, 4.69) is 15.0 Å². The molecule has 10 nitrogen and oxygen atoms in total. The van der Waals surface area contributed by atoms with Gasteiger partial charge in [0.15, 0.2) is 17.7 Å².